The molecule has 2 aliphatic rings. The number of fused-ring (bicyclic) bond motifs is 1. The van der Waals surface area contributed by atoms with Crippen LogP contribution in [0, 0.1) is 5.92 Å². The van der Waals surface area contributed by atoms with E-state index in [1.54, 1.807) is 0 Å². The van der Waals surface area contributed by atoms with Crippen LogP contribution in [0.5, 0.6) is 0 Å². The predicted molar refractivity (Wildman–Crippen MR) is 41.3 cm³/mol. The van der Waals surface area contributed by atoms with Gasteiger partial charge in [-0.3, -0.25) is 0 Å². The van der Waals surface area contributed by atoms with E-state index >= 15 is 0 Å². The lowest BCUT2D eigenvalue weighted by Gasteiger charge is -2.16. The van der Waals surface area contributed by atoms with Crippen molar-refractivity contribution in [1.82, 2.24) is 0 Å². The molecule has 0 aromatic rings. The van der Waals surface area contributed by atoms with Gasteiger partial charge in [0, 0.05) is 5.92 Å². The van der Waals surface area contributed by atoms with Gasteiger partial charge in [-0.2, -0.15) is 8.42 Å². The molecule has 14 heavy (non-hydrogen) atoms. The lowest BCUT2D eigenvalue weighted by atomic mass is 10.1. The van der Waals surface area contributed by atoms with Gasteiger partial charge >= 0.3 is 10.4 Å². The molecule has 0 aromatic heterocycles. The van der Waals surface area contributed by atoms with E-state index in [4.69, 9.17) is 5.11 Å². The van der Waals surface area contributed by atoms with Crippen LogP contribution >= 0.6 is 0 Å². The molecule has 1 aliphatic heterocycles. The average Bonchev–Trinajstić information content (AvgIpc) is 2.50. The molecule has 8 heteroatoms. The van der Waals surface area contributed by atoms with E-state index in [9.17, 15) is 18.6 Å². The minimum absolute atomic E-state index is 0.474. The van der Waals surface area contributed by atoms with Gasteiger partial charge in [-0.15, -0.1) is 0 Å². The Morgan fingerprint density at radius 3 is 2.21 bits per heavy atom. The van der Waals surface area contributed by atoms with Gasteiger partial charge in [-0.05, 0) is 0 Å². The number of rotatable bonds is 1. The highest BCUT2D eigenvalue weighted by molar-refractivity contribution is 7.82. The van der Waals surface area contributed by atoms with E-state index in [1.165, 1.54) is 0 Å². The molecule has 0 bridgehead atoms. The molecule has 2 rings (SSSR count). The van der Waals surface area contributed by atoms with Crippen molar-refractivity contribution in [1.29, 1.82) is 0 Å². The maximum Gasteiger partial charge on any atom is 0.400 e. The minimum Gasteiger partial charge on any atom is -0.396 e. The highest BCUT2D eigenvalue weighted by Crippen LogP contribution is 2.38. The fourth-order valence-corrected chi connectivity index (χ4v) is 2.89. The highest BCUT2D eigenvalue weighted by atomic mass is 32.3. The van der Waals surface area contributed by atoms with E-state index in [-0.39, 0.29) is 0 Å². The molecule has 2 fully saturated rings. The van der Waals surface area contributed by atoms with Gasteiger partial charge in [0.1, 0.15) is 18.3 Å². The minimum atomic E-state index is -4.09. The summed E-state index contributed by atoms with van der Waals surface area (Å²) < 4.78 is 30.6. The number of aliphatic hydroxyl groups is 3. The third kappa shape index (κ3) is 1.35. The molecule has 1 saturated carbocycles. The van der Waals surface area contributed by atoms with Crippen molar-refractivity contribution in [2.45, 2.75) is 24.4 Å². The van der Waals surface area contributed by atoms with E-state index in [0.717, 1.165) is 0 Å². The van der Waals surface area contributed by atoms with Gasteiger partial charge in [0.2, 0.25) is 0 Å². The number of aliphatic hydroxyl groups excluding tert-OH is 3. The fraction of sp³-hybridized carbons (Fsp3) is 1.00. The molecule has 82 valence electrons. The van der Waals surface area contributed by atoms with Crippen molar-refractivity contribution in [3.8, 4) is 0 Å². The summed E-state index contributed by atoms with van der Waals surface area (Å²) in [6.07, 6.45) is -4.71. The molecule has 1 saturated heterocycles. The van der Waals surface area contributed by atoms with Crippen LogP contribution in [0.1, 0.15) is 0 Å². The Balaban J connectivity index is 2.27. The van der Waals surface area contributed by atoms with Crippen LogP contribution in [0.3, 0.4) is 0 Å². The molecule has 1 heterocycles. The molecule has 0 unspecified atom stereocenters. The van der Waals surface area contributed by atoms with Crippen LogP contribution < -0.4 is 0 Å². The Bertz CT molecular complexity index is 325. The summed E-state index contributed by atoms with van der Waals surface area (Å²) in [5.41, 5.74) is 0. The molecule has 0 aromatic carbocycles. The topological polar surface area (TPSA) is 113 Å². The molecule has 3 N–H and O–H groups in total. The zero-order valence-electron chi connectivity index (χ0n) is 6.98. The predicted octanol–water partition coefficient (Wildman–Crippen LogP) is -2.64. The third-order valence-corrected chi connectivity index (χ3v) is 3.46. The third-order valence-electron chi connectivity index (χ3n) is 2.54. The van der Waals surface area contributed by atoms with Gasteiger partial charge in [0.25, 0.3) is 0 Å². The van der Waals surface area contributed by atoms with Gasteiger partial charge in [-0.1, -0.05) is 0 Å². The molecular weight excluding hydrogens is 216 g/mol. The zero-order valence-corrected chi connectivity index (χ0v) is 7.79. The summed E-state index contributed by atoms with van der Waals surface area (Å²) in [7, 11) is -4.09. The second-order valence-electron chi connectivity index (χ2n) is 3.36. The van der Waals surface area contributed by atoms with Crippen molar-refractivity contribution < 1.29 is 32.1 Å². The van der Waals surface area contributed by atoms with Crippen LogP contribution in [-0.2, 0) is 18.8 Å². The Morgan fingerprint density at radius 2 is 1.64 bits per heavy atom. The monoisotopic (exact) mass is 226 g/mol. The van der Waals surface area contributed by atoms with E-state index in [0.29, 0.717) is 0 Å². The molecule has 5 atom stereocenters. The zero-order chi connectivity index (χ0) is 10.5. The Hall–Kier alpha value is -0.250. The second-order valence-corrected chi connectivity index (χ2v) is 4.56. The molecule has 1 aliphatic carbocycles. The lowest BCUT2D eigenvalue weighted by Crippen LogP contribution is -2.33. The van der Waals surface area contributed by atoms with Crippen molar-refractivity contribution in [2.24, 2.45) is 5.92 Å². The molecular formula is C6H10O7S. The quantitative estimate of drug-likeness (QED) is 0.448. The van der Waals surface area contributed by atoms with Gasteiger partial charge in [0.15, 0.2) is 0 Å². The van der Waals surface area contributed by atoms with E-state index in [2.05, 4.69) is 8.37 Å². The first-order chi connectivity index (χ1) is 6.46. The maximum absolute atomic E-state index is 10.8. The largest absolute Gasteiger partial charge is 0.400 e. The van der Waals surface area contributed by atoms with Crippen molar-refractivity contribution in [3.05, 3.63) is 0 Å². The van der Waals surface area contributed by atoms with Crippen molar-refractivity contribution in [3.63, 3.8) is 0 Å². The first-order valence-electron chi connectivity index (χ1n) is 4.05. The smallest absolute Gasteiger partial charge is 0.396 e. The normalized spacial score (nSPS) is 50.6. The second kappa shape index (κ2) is 3.12. The van der Waals surface area contributed by atoms with Gasteiger partial charge in [-0.25, -0.2) is 8.37 Å². The SMILES string of the molecule is O=S1(=O)O[C@@H]2[C@@H](CO)[C@H](O)[C@@H](O)[C@@H]2O1. The summed E-state index contributed by atoms with van der Waals surface area (Å²) >= 11 is 0. The number of hydrogen-bond donors (Lipinski definition) is 3. The number of hydrogen-bond acceptors (Lipinski definition) is 7. The van der Waals surface area contributed by atoms with Crippen molar-refractivity contribution in [2.75, 3.05) is 6.61 Å². The van der Waals surface area contributed by atoms with Crippen molar-refractivity contribution >= 4 is 10.4 Å². The van der Waals surface area contributed by atoms with E-state index in [1.807, 2.05) is 0 Å². The van der Waals surface area contributed by atoms with Gasteiger partial charge in [0.05, 0.1) is 12.7 Å². The van der Waals surface area contributed by atoms with Gasteiger partial charge < -0.3 is 15.3 Å². The van der Waals surface area contributed by atoms with Crippen LogP contribution in [0.15, 0.2) is 0 Å². The maximum atomic E-state index is 10.8. The van der Waals surface area contributed by atoms with Crippen LogP contribution in [0.4, 0.5) is 0 Å². The Labute approximate surface area is 80.2 Å². The molecule has 7 nitrogen and oxygen atoms in total. The molecule has 0 amide bonds. The fourth-order valence-electron chi connectivity index (χ4n) is 1.82. The summed E-state index contributed by atoms with van der Waals surface area (Å²) in [6, 6.07) is 0. The van der Waals surface area contributed by atoms with E-state index < -0.39 is 47.3 Å². The first kappa shape index (κ1) is 10.3. The molecule has 0 spiro atoms. The molecule has 0 radical (unpaired) electrons. The average molecular weight is 226 g/mol. The summed E-state index contributed by atoms with van der Waals surface area (Å²) in [5, 5.41) is 27.6. The lowest BCUT2D eigenvalue weighted by molar-refractivity contribution is -0.0232. The van der Waals surface area contributed by atoms with Crippen LogP contribution in [-0.4, -0.2) is 54.8 Å². The first-order valence-corrected chi connectivity index (χ1v) is 5.38. The standard InChI is InChI=1S/C6H10O7S/c7-1-2-3(8)4(9)6-5(2)12-14(10,11)13-6/h2-9H,1H2/t2-,3-,4+,5+,6-/m0/s1. The Kier molecular flexibility index (Phi) is 2.29. The van der Waals surface area contributed by atoms with Crippen LogP contribution in [0.2, 0.25) is 0 Å². The highest BCUT2D eigenvalue weighted by Gasteiger charge is 2.58. The summed E-state index contributed by atoms with van der Waals surface area (Å²) in [6.45, 7) is -0.474. The summed E-state index contributed by atoms with van der Waals surface area (Å²) in [4.78, 5) is 0. The Morgan fingerprint density at radius 1 is 1.07 bits per heavy atom. The van der Waals surface area contributed by atoms with Crippen LogP contribution in [0.25, 0.3) is 0 Å². The summed E-state index contributed by atoms with van der Waals surface area (Å²) in [5.74, 6) is -0.840.